The van der Waals surface area contributed by atoms with E-state index in [9.17, 15) is 9.90 Å². The Bertz CT molecular complexity index is 388. The Morgan fingerprint density at radius 3 is 2.80 bits per heavy atom. The molecule has 0 unspecified atom stereocenters. The number of terminal acetylenes is 1. The van der Waals surface area contributed by atoms with E-state index < -0.39 is 6.10 Å². The van der Waals surface area contributed by atoms with Crippen molar-refractivity contribution in [2.24, 2.45) is 0 Å². The standard InChI is InChI=1S/C13H14O2/c1-3-10-7-5-6-8-12(10)13(15)9-11(14)4-2/h1,5-8,13,15H,4,9H2,2H3/t13-/m1/s1. The van der Waals surface area contributed by atoms with E-state index in [-0.39, 0.29) is 12.2 Å². The minimum atomic E-state index is -0.787. The van der Waals surface area contributed by atoms with Gasteiger partial charge in [0.2, 0.25) is 0 Å². The molecule has 2 heteroatoms. The first-order valence-electron chi connectivity index (χ1n) is 4.94. The van der Waals surface area contributed by atoms with Crippen LogP contribution < -0.4 is 0 Å². The Morgan fingerprint density at radius 1 is 1.53 bits per heavy atom. The molecule has 1 aromatic carbocycles. The Labute approximate surface area is 89.9 Å². The Hall–Kier alpha value is -1.59. The zero-order valence-electron chi connectivity index (χ0n) is 8.73. The predicted molar refractivity (Wildman–Crippen MR) is 59.3 cm³/mol. The van der Waals surface area contributed by atoms with Crippen molar-refractivity contribution in [1.29, 1.82) is 0 Å². The van der Waals surface area contributed by atoms with Crippen LogP contribution in [0, 0.1) is 12.3 Å². The molecule has 0 heterocycles. The monoisotopic (exact) mass is 202 g/mol. The number of carbonyl (C=O) groups excluding carboxylic acids is 1. The molecular weight excluding hydrogens is 188 g/mol. The number of hydrogen-bond acceptors (Lipinski definition) is 2. The van der Waals surface area contributed by atoms with Gasteiger partial charge in [-0.3, -0.25) is 4.79 Å². The van der Waals surface area contributed by atoms with Crippen molar-refractivity contribution in [2.75, 3.05) is 0 Å². The average molecular weight is 202 g/mol. The summed E-state index contributed by atoms with van der Waals surface area (Å²) < 4.78 is 0. The Balaban J connectivity index is 2.87. The maximum absolute atomic E-state index is 11.2. The van der Waals surface area contributed by atoms with E-state index in [2.05, 4.69) is 5.92 Å². The number of rotatable bonds is 4. The largest absolute Gasteiger partial charge is 0.388 e. The summed E-state index contributed by atoms with van der Waals surface area (Å²) in [4.78, 5) is 11.2. The van der Waals surface area contributed by atoms with E-state index in [1.54, 1.807) is 25.1 Å². The van der Waals surface area contributed by atoms with Crippen LogP contribution in [-0.2, 0) is 4.79 Å². The maximum atomic E-state index is 11.2. The van der Waals surface area contributed by atoms with Crippen LogP contribution >= 0.6 is 0 Å². The molecule has 2 nitrogen and oxygen atoms in total. The van der Waals surface area contributed by atoms with Crippen molar-refractivity contribution >= 4 is 5.78 Å². The summed E-state index contributed by atoms with van der Waals surface area (Å²) in [5.41, 5.74) is 1.30. The number of benzene rings is 1. The topological polar surface area (TPSA) is 37.3 Å². The fourth-order valence-electron chi connectivity index (χ4n) is 1.39. The van der Waals surface area contributed by atoms with Crippen LogP contribution in [0.2, 0.25) is 0 Å². The highest BCUT2D eigenvalue weighted by Gasteiger charge is 2.13. The summed E-state index contributed by atoms with van der Waals surface area (Å²) in [6, 6.07) is 7.13. The molecule has 1 atom stereocenters. The lowest BCUT2D eigenvalue weighted by molar-refractivity contribution is -0.120. The summed E-state index contributed by atoms with van der Waals surface area (Å²) in [5, 5.41) is 9.82. The first-order chi connectivity index (χ1) is 7.19. The molecule has 78 valence electrons. The molecule has 1 rings (SSSR count). The highest BCUT2D eigenvalue weighted by molar-refractivity contribution is 5.78. The lowest BCUT2D eigenvalue weighted by Gasteiger charge is -2.11. The van der Waals surface area contributed by atoms with Gasteiger partial charge in [0.1, 0.15) is 5.78 Å². The van der Waals surface area contributed by atoms with Gasteiger partial charge in [0.15, 0.2) is 0 Å². The predicted octanol–water partition coefficient (Wildman–Crippen LogP) is 2.07. The molecule has 0 radical (unpaired) electrons. The van der Waals surface area contributed by atoms with Gasteiger partial charge in [-0.25, -0.2) is 0 Å². The quantitative estimate of drug-likeness (QED) is 0.759. The molecule has 0 aliphatic heterocycles. The molecule has 0 spiro atoms. The lowest BCUT2D eigenvalue weighted by Crippen LogP contribution is -2.06. The first kappa shape index (κ1) is 11.5. The molecule has 0 amide bonds. The van der Waals surface area contributed by atoms with E-state index in [4.69, 9.17) is 6.42 Å². The van der Waals surface area contributed by atoms with Gasteiger partial charge in [0.05, 0.1) is 6.10 Å². The second-order valence-corrected chi connectivity index (χ2v) is 3.34. The maximum Gasteiger partial charge on any atom is 0.135 e. The number of hydrogen-bond donors (Lipinski definition) is 1. The second-order valence-electron chi connectivity index (χ2n) is 3.34. The van der Waals surface area contributed by atoms with Gasteiger partial charge in [-0.05, 0) is 11.6 Å². The summed E-state index contributed by atoms with van der Waals surface area (Å²) >= 11 is 0. The summed E-state index contributed by atoms with van der Waals surface area (Å²) in [6.07, 6.45) is 5.09. The van der Waals surface area contributed by atoms with Gasteiger partial charge < -0.3 is 5.11 Å². The number of carbonyl (C=O) groups is 1. The molecule has 1 N–H and O–H groups in total. The average Bonchev–Trinajstić information content (AvgIpc) is 2.28. The molecule has 0 bridgehead atoms. The van der Waals surface area contributed by atoms with Gasteiger partial charge in [-0.1, -0.05) is 31.0 Å². The lowest BCUT2D eigenvalue weighted by atomic mass is 9.98. The van der Waals surface area contributed by atoms with E-state index >= 15 is 0 Å². The highest BCUT2D eigenvalue weighted by Crippen LogP contribution is 2.20. The Kier molecular flexibility index (Phi) is 4.08. The summed E-state index contributed by atoms with van der Waals surface area (Å²) in [5.74, 6) is 2.53. The molecule has 0 fully saturated rings. The van der Waals surface area contributed by atoms with E-state index in [0.717, 1.165) is 0 Å². The number of Topliss-reactive ketones (excluding diaryl/α,β-unsaturated/α-hetero) is 1. The number of ketones is 1. The van der Waals surface area contributed by atoms with Crippen LogP contribution in [0.1, 0.15) is 37.0 Å². The minimum Gasteiger partial charge on any atom is -0.388 e. The second kappa shape index (κ2) is 5.33. The normalized spacial score (nSPS) is 11.8. The van der Waals surface area contributed by atoms with Crippen LogP contribution in [0.15, 0.2) is 24.3 Å². The number of aliphatic hydroxyl groups excluding tert-OH is 1. The highest BCUT2D eigenvalue weighted by atomic mass is 16.3. The van der Waals surface area contributed by atoms with E-state index in [0.29, 0.717) is 17.5 Å². The molecule has 15 heavy (non-hydrogen) atoms. The van der Waals surface area contributed by atoms with Gasteiger partial charge in [-0.2, -0.15) is 0 Å². The van der Waals surface area contributed by atoms with Gasteiger partial charge in [-0.15, -0.1) is 6.42 Å². The van der Waals surface area contributed by atoms with Gasteiger partial charge in [0, 0.05) is 18.4 Å². The van der Waals surface area contributed by atoms with Crippen LogP contribution in [0.25, 0.3) is 0 Å². The zero-order valence-corrected chi connectivity index (χ0v) is 8.73. The first-order valence-corrected chi connectivity index (χ1v) is 4.94. The molecule has 1 aromatic rings. The molecule has 0 saturated heterocycles. The van der Waals surface area contributed by atoms with Gasteiger partial charge in [0.25, 0.3) is 0 Å². The van der Waals surface area contributed by atoms with Crippen LogP contribution in [0.3, 0.4) is 0 Å². The van der Waals surface area contributed by atoms with Gasteiger partial charge >= 0.3 is 0 Å². The Morgan fingerprint density at radius 2 is 2.20 bits per heavy atom. The molecule has 0 aromatic heterocycles. The third-order valence-corrected chi connectivity index (χ3v) is 2.29. The third-order valence-electron chi connectivity index (χ3n) is 2.29. The molecule has 0 aliphatic carbocycles. The third kappa shape index (κ3) is 2.93. The van der Waals surface area contributed by atoms with Crippen molar-refractivity contribution in [3.63, 3.8) is 0 Å². The van der Waals surface area contributed by atoms with Crippen molar-refractivity contribution in [3.05, 3.63) is 35.4 Å². The van der Waals surface area contributed by atoms with E-state index in [1.807, 2.05) is 6.07 Å². The molecule has 0 saturated carbocycles. The number of aliphatic hydroxyl groups is 1. The van der Waals surface area contributed by atoms with Crippen LogP contribution in [-0.4, -0.2) is 10.9 Å². The van der Waals surface area contributed by atoms with Crippen LogP contribution in [0.5, 0.6) is 0 Å². The molecule has 0 aliphatic rings. The van der Waals surface area contributed by atoms with Crippen molar-refractivity contribution < 1.29 is 9.90 Å². The zero-order chi connectivity index (χ0) is 11.3. The fourth-order valence-corrected chi connectivity index (χ4v) is 1.39. The fraction of sp³-hybridized carbons (Fsp3) is 0.308. The summed E-state index contributed by atoms with van der Waals surface area (Å²) in [7, 11) is 0. The van der Waals surface area contributed by atoms with Crippen molar-refractivity contribution in [3.8, 4) is 12.3 Å². The van der Waals surface area contributed by atoms with Crippen LogP contribution in [0.4, 0.5) is 0 Å². The van der Waals surface area contributed by atoms with Crippen molar-refractivity contribution in [2.45, 2.75) is 25.9 Å². The SMILES string of the molecule is C#Cc1ccccc1[C@H](O)CC(=O)CC. The smallest absolute Gasteiger partial charge is 0.135 e. The minimum absolute atomic E-state index is 0.0364. The summed E-state index contributed by atoms with van der Waals surface area (Å²) in [6.45, 7) is 1.78. The van der Waals surface area contributed by atoms with E-state index in [1.165, 1.54) is 0 Å². The van der Waals surface area contributed by atoms with Crippen molar-refractivity contribution in [1.82, 2.24) is 0 Å². The molecular formula is C13H14O2.